The van der Waals surface area contributed by atoms with Gasteiger partial charge in [-0.3, -0.25) is 4.90 Å². The van der Waals surface area contributed by atoms with Crippen LogP contribution in [0.3, 0.4) is 0 Å². The van der Waals surface area contributed by atoms with Gasteiger partial charge in [0.2, 0.25) is 5.76 Å². The number of nitrogens with zero attached hydrogens (tertiary/aromatic N) is 1. The maximum absolute atomic E-state index is 12.3. The number of alkyl halides is 3. The summed E-state index contributed by atoms with van der Waals surface area (Å²) in [7, 11) is 1.17. The van der Waals surface area contributed by atoms with Crippen LogP contribution in [0.5, 0.6) is 0 Å². The highest BCUT2D eigenvalue weighted by Crippen LogP contribution is 2.19. The van der Waals surface area contributed by atoms with E-state index in [4.69, 9.17) is 9.52 Å². The molecule has 0 aliphatic carbocycles. The van der Waals surface area contributed by atoms with Crippen molar-refractivity contribution in [3.05, 3.63) is 23.7 Å². The maximum Gasteiger partial charge on any atom is 0.401 e. The number of hydrogen-bond acceptors (Lipinski definition) is 5. The molecule has 19 heavy (non-hydrogen) atoms. The van der Waals surface area contributed by atoms with E-state index in [0.717, 1.165) is 4.90 Å². The van der Waals surface area contributed by atoms with Gasteiger partial charge in [0.1, 0.15) is 5.76 Å². The van der Waals surface area contributed by atoms with Crippen LogP contribution in [-0.4, -0.2) is 49.0 Å². The summed E-state index contributed by atoms with van der Waals surface area (Å²) in [5.74, 6) is -0.581. The van der Waals surface area contributed by atoms with Crippen molar-refractivity contribution in [1.29, 1.82) is 0 Å². The minimum absolute atomic E-state index is 0.0755. The number of hydrogen-bond donors (Lipinski definition) is 1. The molecule has 0 radical (unpaired) electrons. The van der Waals surface area contributed by atoms with Gasteiger partial charge in [0.05, 0.1) is 26.8 Å². The summed E-state index contributed by atoms with van der Waals surface area (Å²) in [5, 5.41) is 8.73. The lowest BCUT2D eigenvalue weighted by Crippen LogP contribution is -2.35. The second-order valence-electron chi connectivity index (χ2n) is 3.81. The molecule has 0 aromatic carbocycles. The fourth-order valence-electron chi connectivity index (χ4n) is 1.50. The van der Waals surface area contributed by atoms with Gasteiger partial charge in [0.15, 0.2) is 0 Å². The Labute approximate surface area is 107 Å². The summed E-state index contributed by atoms with van der Waals surface area (Å²) >= 11 is 0. The first-order valence-corrected chi connectivity index (χ1v) is 5.42. The Balaban J connectivity index is 2.68. The second kappa shape index (κ2) is 6.58. The van der Waals surface area contributed by atoms with Crippen molar-refractivity contribution < 1.29 is 32.2 Å². The van der Waals surface area contributed by atoms with E-state index < -0.39 is 25.3 Å². The van der Waals surface area contributed by atoms with Crippen LogP contribution >= 0.6 is 0 Å². The average molecular weight is 281 g/mol. The number of halogens is 3. The van der Waals surface area contributed by atoms with E-state index in [1.165, 1.54) is 19.2 Å². The third-order valence-corrected chi connectivity index (χ3v) is 2.25. The van der Waals surface area contributed by atoms with Gasteiger partial charge in [0, 0.05) is 6.54 Å². The van der Waals surface area contributed by atoms with Gasteiger partial charge in [-0.25, -0.2) is 4.79 Å². The second-order valence-corrected chi connectivity index (χ2v) is 3.81. The summed E-state index contributed by atoms with van der Waals surface area (Å²) < 4.78 is 46.4. The SMILES string of the molecule is COC(=O)c1ccc(CN(CCO)CC(F)(F)F)o1. The third-order valence-electron chi connectivity index (χ3n) is 2.25. The zero-order valence-electron chi connectivity index (χ0n) is 10.2. The van der Waals surface area contributed by atoms with Crippen LogP contribution in [-0.2, 0) is 11.3 Å². The molecule has 0 amide bonds. The first-order chi connectivity index (χ1) is 8.85. The molecule has 0 unspecified atom stereocenters. The summed E-state index contributed by atoms with van der Waals surface area (Å²) in [4.78, 5) is 12.1. The number of ether oxygens (including phenoxy) is 1. The minimum Gasteiger partial charge on any atom is -0.463 e. The smallest absolute Gasteiger partial charge is 0.401 e. The number of rotatable bonds is 6. The number of carbonyl (C=O) groups is 1. The molecule has 1 aromatic rings. The first kappa shape index (κ1) is 15.5. The van der Waals surface area contributed by atoms with Crippen molar-refractivity contribution in [1.82, 2.24) is 4.90 Å². The number of aliphatic hydroxyl groups excluding tert-OH is 1. The molecule has 0 bridgehead atoms. The average Bonchev–Trinajstić information content (AvgIpc) is 2.74. The van der Waals surface area contributed by atoms with Crippen LogP contribution < -0.4 is 0 Å². The fraction of sp³-hybridized carbons (Fsp3) is 0.545. The van der Waals surface area contributed by atoms with E-state index in [9.17, 15) is 18.0 Å². The lowest BCUT2D eigenvalue weighted by molar-refractivity contribution is -0.148. The number of esters is 1. The zero-order valence-corrected chi connectivity index (χ0v) is 10.2. The summed E-state index contributed by atoms with van der Waals surface area (Å²) in [6.07, 6.45) is -4.37. The van der Waals surface area contributed by atoms with Gasteiger partial charge in [-0.15, -0.1) is 0 Å². The van der Waals surface area contributed by atoms with Gasteiger partial charge in [-0.2, -0.15) is 13.2 Å². The van der Waals surface area contributed by atoms with Crippen molar-refractivity contribution in [3.8, 4) is 0 Å². The number of aliphatic hydroxyl groups is 1. The van der Waals surface area contributed by atoms with Crippen molar-refractivity contribution in [2.75, 3.05) is 26.8 Å². The molecular formula is C11H14F3NO4. The van der Waals surface area contributed by atoms with E-state index >= 15 is 0 Å². The Kier molecular flexibility index (Phi) is 5.37. The Morgan fingerprint density at radius 2 is 2.16 bits per heavy atom. The molecule has 0 saturated carbocycles. The Morgan fingerprint density at radius 3 is 2.68 bits per heavy atom. The summed E-state index contributed by atoms with van der Waals surface area (Å²) in [5.41, 5.74) is 0. The maximum atomic E-state index is 12.3. The largest absolute Gasteiger partial charge is 0.463 e. The lowest BCUT2D eigenvalue weighted by Gasteiger charge is -2.21. The van der Waals surface area contributed by atoms with Gasteiger partial charge in [-0.05, 0) is 12.1 Å². The van der Waals surface area contributed by atoms with E-state index in [1.54, 1.807) is 0 Å². The molecule has 1 aromatic heterocycles. The molecule has 5 nitrogen and oxygen atoms in total. The van der Waals surface area contributed by atoms with Crippen molar-refractivity contribution in [2.45, 2.75) is 12.7 Å². The normalized spacial score (nSPS) is 11.9. The van der Waals surface area contributed by atoms with E-state index in [1.807, 2.05) is 0 Å². The lowest BCUT2D eigenvalue weighted by atomic mass is 10.3. The molecule has 1 N–H and O–H groups in total. The topological polar surface area (TPSA) is 62.9 Å². The van der Waals surface area contributed by atoms with Crippen LogP contribution in [0.4, 0.5) is 13.2 Å². The van der Waals surface area contributed by atoms with E-state index in [-0.39, 0.29) is 24.6 Å². The summed E-state index contributed by atoms with van der Waals surface area (Å²) in [6, 6.07) is 2.72. The predicted molar refractivity (Wildman–Crippen MR) is 58.5 cm³/mol. The Bertz CT molecular complexity index is 416. The molecule has 0 aliphatic rings. The highest BCUT2D eigenvalue weighted by Gasteiger charge is 2.30. The Morgan fingerprint density at radius 1 is 1.47 bits per heavy atom. The molecule has 0 saturated heterocycles. The molecule has 0 fully saturated rings. The van der Waals surface area contributed by atoms with Crippen molar-refractivity contribution in [2.24, 2.45) is 0 Å². The van der Waals surface area contributed by atoms with Crippen molar-refractivity contribution >= 4 is 5.97 Å². The predicted octanol–water partition coefficient (Wildman–Crippen LogP) is 1.42. The number of furan rings is 1. The Hall–Kier alpha value is -1.54. The first-order valence-electron chi connectivity index (χ1n) is 5.42. The summed E-state index contributed by atoms with van der Waals surface area (Å²) in [6.45, 7) is -1.87. The molecule has 8 heteroatoms. The quantitative estimate of drug-likeness (QED) is 0.799. The highest BCUT2D eigenvalue weighted by atomic mass is 19.4. The van der Waals surface area contributed by atoms with Crippen molar-refractivity contribution in [3.63, 3.8) is 0 Å². The van der Waals surface area contributed by atoms with Gasteiger partial charge < -0.3 is 14.3 Å². The molecule has 1 heterocycles. The molecule has 0 atom stereocenters. The molecule has 0 aliphatic heterocycles. The molecule has 108 valence electrons. The van der Waals surface area contributed by atoms with E-state index in [0.29, 0.717) is 0 Å². The van der Waals surface area contributed by atoms with Crippen LogP contribution in [0.2, 0.25) is 0 Å². The number of carbonyl (C=O) groups excluding carboxylic acids is 1. The van der Waals surface area contributed by atoms with Gasteiger partial charge >= 0.3 is 12.1 Å². The van der Waals surface area contributed by atoms with Crippen LogP contribution in [0, 0.1) is 0 Å². The van der Waals surface area contributed by atoms with Crippen LogP contribution in [0.15, 0.2) is 16.5 Å². The zero-order chi connectivity index (χ0) is 14.5. The molecular weight excluding hydrogens is 267 g/mol. The van der Waals surface area contributed by atoms with Crippen LogP contribution in [0.1, 0.15) is 16.3 Å². The third kappa shape index (κ3) is 5.31. The highest BCUT2D eigenvalue weighted by molar-refractivity contribution is 5.86. The fourth-order valence-corrected chi connectivity index (χ4v) is 1.50. The number of methoxy groups -OCH3 is 1. The molecule has 0 spiro atoms. The minimum atomic E-state index is -4.37. The van der Waals surface area contributed by atoms with Crippen LogP contribution in [0.25, 0.3) is 0 Å². The van der Waals surface area contributed by atoms with Gasteiger partial charge in [0.25, 0.3) is 0 Å². The van der Waals surface area contributed by atoms with E-state index in [2.05, 4.69) is 4.74 Å². The monoisotopic (exact) mass is 281 g/mol. The van der Waals surface area contributed by atoms with Gasteiger partial charge in [-0.1, -0.05) is 0 Å². The standard InChI is InChI=1S/C11H14F3NO4/c1-18-10(17)9-3-2-8(19-9)6-15(4-5-16)7-11(12,13)14/h2-3,16H,4-7H2,1H3. The molecule has 1 rings (SSSR count).